The summed E-state index contributed by atoms with van der Waals surface area (Å²) in [4.78, 5) is 12.1. The van der Waals surface area contributed by atoms with Gasteiger partial charge >= 0.3 is 0 Å². The summed E-state index contributed by atoms with van der Waals surface area (Å²) in [7, 11) is 0. The lowest BCUT2D eigenvalue weighted by atomic mass is 10.2. The molecule has 0 spiro atoms. The topological polar surface area (TPSA) is 67.7 Å². The van der Waals surface area contributed by atoms with Gasteiger partial charge in [-0.25, -0.2) is 5.43 Å². The van der Waals surface area contributed by atoms with Gasteiger partial charge in [0.1, 0.15) is 22.8 Å². The first-order valence-corrected chi connectivity index (χ1v) is 6.95. The van der Waals surface area contributed by atoms with Crippen LogP contribution in [0.5, 0.6) is 0 Å². The fraction of sp³-hybridized carbons (Fsp3) is 0.176. The van der Waals surface area contributed by atoms with Crippen molar-refractivity contribution in [2.75, 3.05) is 0 Å². The molecular weight excluding hydrogens is 280 g/mol. The van der Waals surface area contributed by atoms with Crippen molar-refractivity contribution >= 4 is 22.6 Å². The maximum atomic E-state index is 12.1. The van der Waals surface area contributed by atoms with Crippen LogP contribution in [0.1, 0.15) is 34.6 Å². The van der Waals surface area contributed by atoms with Gasteiger partial charge in [-0.1, -0.05) is 18.2 Å². The van der Waals surface area contributed by atoms with Crippen molar-refractivity contribution in [2.24, 2.45) is 5.10 Å². The molecule has 22 heavy (non-hydrogen) atoms. The molecule has 112 valence electrons. The Morgan fingerprint density at radius 1 is 1.14 bits per heavy atom. The molecule has 0 radical (unpaired) electrons. The van der Waals surface area contributed by atoms with Crippen LogP contribution < -0.4 is 5.43 Å². The molecule has 0 saturated heterocycles. The van der Waals surface area contributed by atoms with Crippen molar-refractivity contribution in [3.8, 4) is 0 Å². The lowest BCUT2D eigenvalue weighted by molar-refractivity contribution is 0.0953. The number of fused-ring (bicyclic) bond motifs is 1. The van der Waals surface area contributed by atoms with E-state index in [4.69, 9.17) is 8.83 Å². The summed E-state index contributed by atoms with van der Waals surface area (Å²) in [5.74, 6) is 1.60. The second-order valence-corrected chi connectivity index (χ2v) is 5.11. The SMILES string of the molecule is C/C(=N\NC(=O)c1cc(C)oc1C)c1cc2ccccc2o1. The summed E-state index contributed by atoms with van der Waals surface area (Å²) in [6.07, 6.45) is 0. The largest absolute Gasteiger partial charge is 0.466 e. The number of hydrogen-bond acceptors (Lipinski definition) is 4. The van der Waals surface area contributed by atoms with Crippen LogP contribution in [0.2, 0.25) is 0 Å². The molecular formula is C17H16N2O3. The number of hydrogen-bond donors (Lipinski definition) is 1. The third-order valence-electron chi connectivity index (χ3n) is 3.39. The molecule has 1 N–H and O–H groups in total. The van der Waals surface area contributed by atoms with E-state index in [9.17, 15) is 4.79 Å². The van der Waals surface area contributed by atoms with Crippen LogP contribution in [-0.4, -0.2) is 11.6 Å². The standard InChI is InChI=1S/C17H16N2O3/c1-10-8-14(12(3)21-10)17(20)19-18-11(2)16-9-13-6-4-5-7-15(13)22-16/h4-9H,1-3H3,(H,19,20)/b18-11+. The van der Waals surface area contributed by atoms with Gasteiger partial charge in [0.25, 0.3) is 5.91 Å². The number of carbonyl (C=O) groups excluding carboxylic acids is 1. The van der Waals surface area contributed by atoms with Gasteiger partial charge in [-0.15, -0.1) is 0 Å². The van der Waals surface area contributed by atoms with Gasteiger partial charge in [-0.2, -0.15) is 5.10 Å². The second kappa shape index (κ2) is 5.52. The first-order valence-electron chi connectivity index (χ1n) is 6.95. The van der Waals surface area contributed by atoms with E-state index in [-0.39, 0.29) is 5.91 Å². The van der Waals surface area contributed by atoms with Gasteiger partial charge in [-0.3, -0.25) is 4.79 Å². The van der Waals surface area contributed by atoms with Crippen LogP contribution in [0.4, 0.5) is 0 Å². The number of furan rings is 2. The van der Waals surface area contributed by atoms with Gasteiger partial charge < -0.3 is 8.83 Å². The molecule has 0 aliphatic carbocycles. The lowest BCUT2D eigenvalue weighted by Gasteiger charge is -1.99. The van der Waals surface area contributed by atoms with E-state index in [0.29, 0.717) is 28.6 Å². The van der Waals surface area contributed by atoms with Crippen LogP contribution in [0.25, 0.3) is 11.0 Å². The third kappa shape index (κ3) is 2.65. The Balaban J connectivity index is 1.79. The summed E-state index contributed by atoms with van der Waals surface area (Å²) < 4.78 is 11.0. The molecule has 0 aliphatic heterocycles. The molecule has 0 bridgehead atoms. The predicted molar refractivity (Wildman–Crippen MR) is 84.1 cm³/mol. The van der Waals surface area contributed by atoms with Crippen LogP contribution in [-0.2, 0) is 0 Å². The number of nitrogens with zero attached hydrogens (tertiary/aromatic N) is 1. The van der Waals surface area contributed by atoms with Crippen LogP contribution >= 0.6 is 0 Å². The molecule has 0 unspecified atom stereocenters. The number of nitrogens with one attached hydrogen (secondary N) is 1. The van der Waals surface area contributed by atoms with Gasteiger partial charge in [0.15, 0.2) is 5.76 Å². The Morgan fingerprint density at radius 3 is 2.59 bits per heavy atom. The number of rotatable bonds is 3. The Morgan fingerprint density at radius 2 is 1.91 bits per heavy atom. The second-order valence-electron chi connectivity index (χ2n) is 5.11. The highest BCUT2D eigenvalue weighted by molar-refractivity contribution is 6.01. The number of benzene rings is 1. The van der Waals surface area contributed by atoms with E-state index < -0.39 is 0 Å². The van der Waals surface area contributed by atoms with Gasteiger partial charge in [0, 0.05) is 5.39 Å². The average molecular weight is 296 g/mol. The summed E-state index contributed by atoms with van der Waals surface area (Å²) in [6.45, 7) is 5.33. The Bertz CT molecular complexity index is 838. The molecule has 1 amide bonds. The molecule has 0 fully saturated rings. The van der Waals surface area contributed by atoms with Crippen LogP contribution in [0.3, 0.4) is 0 Å². The highest BCUT2D eigenvalue weighted by Crippen LogP contribution is 2.19. The van der Waals surface area contributed by atoms with E-state index in [1.165, 1.54) is 0 Å². The Hall–Kier alpha value is -2.82. The molecule has 0 aliphatic rings. The fourth-order valence-electron chi connectivity index (χ4n) is 2.27. The molecule has 2 aromatic heterocycles. The molecule has 2 heterocycles. The minimum atomic E-state index is -0.301. The van der Waals surface area contributed by atoms with Gasteiger partial charge in [0.05, 0.1) is 5.56 Å². The van der Waals surface area contributed by atoms with E-state index >= 15 is 0 Å². The van der Waals surface area contributed by atoms with E-state index in [0.717, 1.165) is 11.0 Å². The first kappa shape index (κ1) is 14.1. The number of carbonyl (C=O) groups is 1. The van der Waals surface area contributed by atoms with Crippen LogP contribution in [0.15, 0.2) is 50.3 Å². The van der Waals surface area contributed by atoms with Crippen molar-refractivity contribution in [3.05, 3.63) is 59.2 Å². The highest BCUT2D eigenvalue weighted by Gasteiger charge is 2.13. The van der Waals surface area contributed by atoms with Crippen molar-refractivity contribution in [2.45, 2.75) is 20.8 Å². The first-order chi connectivity index (χ1) is 10.5. The van der Waals surface area contributed by atoms with Crippen molar-refractivity contribution in [3.63, 3.8) is 0 Å². The highest BCUT2D eigenvalue weighted by atomic mass is 16.3. The van der Waals surface area contributed by atoms with Gasteiger partial charge in [-0.05, 0) is 39.0 Å². The summed E-state index contributed by atoms with van der Waals surface area (Å²) >= 11 is 0. The maximum Gasteiger partial charge on any atom is 0.274 e. The van der Waals surface area contributed by atoms with E-state index in [1.54, 1.807) is 26.8 Å². The quantitative estimate of drug-likeness (QED) is 0.590. The third-order valence-corrected chi connectivity index (χ3v) is 3.39. The molecule has 0 atom stereocenters. The zero-order chi connectivity index (χ0) is 15.7. The zero-order valence-electron chi connectivity index (χ0n) is 12.6. The van der Waals surface area contributed by atoms with E-state index in [1.807, 2.05) is 30.3 Å². The average Bonchev–Trinajstić information content (AvgIpc) is 3.07. The maximum absolute atomic E-state index is 12.1. The fourth-order valence-corrected chi connectivity index (χ4v) is 2.27. The van der Waals surface area contributed by atoms with E-state index in [2.05, 4.69) is 10.5 Å². The lowest BCUT2D eigenvalue weighted by Crippen LogP contribution is -2.19. The number of hydrazone groups is 1. The van der Waals surface area contributed by atoms with Crippen molar-refractivity contribution in [1.82, 2.24) is 5.43 Å². The number of aryl methyl sites for hydroxylation is 2. The van der Waals surface area contributed by atoms with Gasteiger partial charge in [0.2, 0.25) is 0 Å². The predicted octanol–water partition coefficient (Wildman–Crippen LogP) is 3.80. The molecule has 3 aromatic rings. The normalized spacial score (nSPS) is 11.9. The Labute approximate surface area is 127 Å². The minimum absolute atomic E-state index is 0.301. The summed E-state index contributed by atoms with van der Waals surface area (Å²) in [6, 6.07) is 11.3. The van der Waals surface area contributed by atoms with Crippen LogP contribution in [0, 0.1) is 13.8 Å². The number of amides is 1. The smallest absolute Gasteiger partial charge is 0.274 e. The molecule has 0 saturated carbocycles. The zero-order valence-corrected chi connectivity index (χ0v) is 12.6. The van der Waals surface area contributed by atoms with Crippen molar-refractivity contribution in [1.29, 1.82) is 0 Å². The summed E-state index contributed by atoms with van der Waals surface area (Å²) in [5.41, 5.74) is 4.40. The summed E-state index contributed by atoms with van der Waals surface area (Å²) in [5, 5.41) is 5.10. The molecule has 5 nitrogen and oxygen atoms in total. The monoisotopic (exact) mass is 296 g/mol. The Kier molecular flexibility index (Phi) is 3.55. The molecule has 1 aromatic carbocycles. The minimum Gasteiger partial charge on any atom is -0.466 e. The van der Waals surface area contributed by atoms with Crippen molar-refractivity contribution < 1.29 is 13.6 Å². The number of para-hydroxylation sites is 1. The molecule has 5 heteroatoms. The molecule has 3 rings (SSSR count).